The third-order valence-electron chi connectivity index (χ3n) is 7.81. The zero-order valence-corrected chi connectivity index (χ0v) is 24.6. The first-order valence-corrected chi connectivity index (χ1v) is 14.4. The second-order valence-corrected chi connectivity index (χ2v) is 10.9. The van der Waals surface area contributed by atoms with Gasteiger partial charge in [-0.1, -0.05) is 33.8 Å². The molecule has 3 atom stereocenters. The number of halogens is 4. The molecule has 2 aliphatic rings. The van der Waals surface area contributed by atoms with Crippen molar-refractivity contribution >= 4 is 17.0 Å². The molecule has 0 bridgehead atoms. The first-order chi connectivity index (χ1) is 19.4. The normalized spacial score (nSPS) is 20.9. The van der Waals surface area contributed by atoms with Crippen LogP contribution in [-0.4, -0.2) is 62.8 Å². The number of alkyl halides is 3. The molecule has 0 spiro atoms. The highest BCUT2D eigenvalue weighted by Crippen LogP contribution is 2.37. The number of imidazole rings is 1. The third kappa shape index (κ3) is 6.43. The molecule has 3 aromatic rings. The standard InChI is InChI=1S/C27H34F4N6O2.C2H6/c1-15(2)23(18-7-8-20(21(28)12-18)27(29,30)31)35-9-10-36(16(3)13-35)24-22-25(34-26(38)33-24)37(17(4)32-22)14-19-6-5-11-39-19;1-2/h7-8,12,15-16,19,23H,5-6,9-11,13-14H2,1-4H3,(H,33,34,38);1-2H3. The summed E-state index contributed by atoms with van der Waals surface area (Å²) in [6.45, 7) is 14.8. The smallest absolute Gasteiger partial charge is 0.376 e. The number of nitrogens with one attached hydrogen (secondary N) is 1. The average Bonchev–Trinajstić information content (AvgIpc) is 3.52. The van der Waals surface area contributed by atoms with Crippen LogP contribution in [0.15, 0.2) is 23.0 Å². The van der Waals surface area contributed by atoms with Gasteiger partial charge in [-0.2, -0.15) is 18.2 Å². The first kappa shape index (κ1) is 31.0. The second kappa shape index (κ2) is 12.5. The Morgan fingerprint density at radius 1 is 1.17 bits per heavy atom. The van der Waals surface area contributed by atoms with Gasteiger partial charge in [-0.05, 0) is 50.3 Å². The number of aromatic nitrogens is 4. The number of fused-ring (bicyclic) bond motifs is 1. The Kier molecular flexibility index (Phi) is 9.42. The Bertz CT molecular complexity index is 1400. The van der Waals surface area contributed by atoms with Gasteiger partial charge in [0.05, 0.1) is 18.2 Å². The minimum Gasteiger partial charge on any atom is -0.376 e. The number of piperazine rings is 1. The number of aromatic amines is 1. The average molecular weight is 581 g/mol. The molecular weight excluding hydrogens is 540 g/mol. The van der Waals surface area contributed by atoms with Gasteiger partial charge in [0.1, 0.15) is 22.8 Å². The van der Waals surface area contributed by atoms with Gasteiger partial charge in [-0.3, -0.25) is 9.88 Å². The van der Waals surface area contributed by atoms with Gasteiger partial charge in [0, 0.05) is 38.3 Å². The van der Waals surface area contributed by atoms with Crippen molar-refractivity contribution in [1.82, 2.24) is 24.4 Å². The number of aryl methyl sites for hydroxylation is 1. The summed E-state index contributed by atoms with van der Waals surface area (Å²) < 4.78 is 61.6. The molecule has 5 rings (SSSR count). The van der Waals surface area contributed by atoms with E-state index in [1.165, 1.54) is 6.07 Å². The molecule has 12 heteroatoms. The van der Waals surface area contributed by atoms with E-state index >= 15 is 0 Å². The fraction of sp³-hybridized carbons (Fsp3) is 0.621. The van der Waals surface area contributed by atoms with Crippen molar-refractivity contribution in [3.8, 4) is 0 Å². The summed E-state index contributed by atoms with van der Waals surface area (Å²) in [5.74, 6) is 0.0412. The van der Waals surface area contributed by atoms with Crippen LogP contribution in [0.1, 0.15) is 70.5 Å². The second-order valence-electron chi connectivity index (χ2n) is 10.9. The van der Waals surface area contributed by atoms with Crippen molar-refractivity contribution in [2.24, 2.45) is 5.92 Å². The molecule has 41 heavy (non-hydrogen) atoms. The first-order valence-electron chi connectivity index (χ1n) is 14.4. The van der Waals surface area contributed by atoms with Crippen LogP contribution in [0.5, 0.6) is 0 Å². The van der Waals surface area contributed by atoms with Gasteiger partial charge in [-0.15, -0.1) is 0 Å². The Balaban J connectivity index is 0.00000189. The maximum atomic E-state index is 14.4. The summed E-state index contributed by atoms with van der Waals surface area (Å²) >= 11 is 0. The Morgan fingerprint density at radius 2 is 1.90 bits per heavy atom. The summed E-state index contributed by atoms with van der Waals surface area (Å²) in [6, 6.07) is 2.85. The highest BCUT2D eigenvalue weighted by atomic mass is 19.4. The molecule has 2 aromatic heterocycles. The number of rotatable bonds is 6. The van der Waals surface area contributed by atoms with E-state index in [0.717, 1.165) is 37.4 Å². The summed E-state index contributed by atoms with van der Waals surface area (Å²) in [4.78, 5) is 28.8. The Labute approximate surface area is 237 Å². The Morgan fingerprint density at radius 3 is 2.49 bits per heavy atom. The molecule has 8 nitrogen and oxygen atoms in total. The number of nitrogens with zero attached hydrogens (tertiary/aromatic N) is 5. The number of hydrogen-bond donors (Lipinski definition) is 1. The lowest BCUT2D eigenvalue weighted by atomic mass is 9.92. The molecule has 2 aliphatic heterocycles. The van der Waals surface area contributed by atoms with Gasteiger partial charge < -0.3 is 14.2 Å². The predicted molar refractivity (Wildman–Crippen MR) is 151 cm³/mol. The summed E-state index contributed by atoms with van der Waals surface area (Å²) in [5.41, 5.74) is 0.0336. The summed E-state index contributed by atoms with van der Waals surface area (Å²) in [7, 11) is 0. The molecule has 0 aliphatic carbocycles. The van der Waals surface area contributed by atoms with Crippen LogP contribution < -0.4 is 10.6 Å². The fourth-order valence-electron chi connectivity index (χ4n) is 6.06. The lowest BCUT2D eigenvalue weighted by Gasteiger charge is -2.45. The maximum absolute atomic E-state index is 14.4. The van der Waals surface area contributed by atoms with Crippen molar-refractivity contribution < 1.29 is 22.3 Å². The van der Waals surface area contributed by atoms with Crippen molar-refractivity contribution in [3.63, 3.8) is 0 Å². The number of hydrogen-bond acceptors (Lipinski definition) is 6. The van der Waals surface area contributed by atoms with E-state index in [1.54, 1.807) is 0 Å². The van der Waals surface area contributed by atoms with Crippen LogP contribution in [-0.2, 0) is 17.5 Å². The van der Waals surface area contributed by atoms with Crippen LogP contribution in [0.3, 0.4) is 0 Å². The maximum Gasteiger partial charge on any atom is 0.419 e. The van der Waals surface area contributed by atoms with Crippen LogP contribution in [0.25, 0.3) is 11.2 Å². The fourth-order valence-corrected chi connectivity index (χ4v) is 6.06. The lowest BCUT2D eigenvalue weighted by molar-refractivity contribution is -0.140. The van der Waals surface area contributed by atoms with Crippen molar-refractivity contribution in [2.45, 2.75) is 85.3 Å². The quantitative estimate of drug-likeness (QED) is 0.377. The van der Waals surface area contributed by atoms with Gasteiger partial charge in [0.25, 0.3) is 0 Å². The van der Waals surface area contributed by atoms with E-state index in [2.05, 4.69) is 19.8 Å². The van der Waals surface area contributed by atoms with Gasteiger partial charge in [0.15, 0.2) is 5.82 Å². The highest BCUT2D eigenvalue weighted by Gasteiger charge is 2.37. The summed E-state index contributed by atoms with van der Waals surface area (Å²) in [6.07, 6.45) is -2.69. The molecule has 2 fully saturated rings. The molecule has 226 valence electrons. The minimum atomic E-state index is -4.74. The monoisotopic (exact) mass is 580 g/mol. The molecule has 2 saturated heterocycles. The van der Waals surface area contributed by atoms with Crippen LogP contribution in [0.4, 0.5) is 23.4 Å². The molecule has 0 saturated carbocycles. The van der Waals surface area contributed by atoms with E-state index in [0.29, 0.717) is 48.7 Å². The number of anilines is 1. The van der Waals surface area contributed by atoms with Crippen LogP contribution in [0, 0.1) is 18.7 Å². The van der Waals surface area contributed by atoms with Crippen molar-refractivity contribution in [3.05, 3.63) is 51.5 Å². The number of ether oxygens (including phenoxy) is 1. The molecular formula is C29H40F4N6O2. The van der Waals surface area contributed by atoms with E-state index in [1.807, 2.05) is 46.1 Å². The van der Waals surface area contributed by atoms with Gasteiger partial charge in [-0.25, -0.2) is 14.2 Å². The van der Waals surface area contributed by atoms with Gasteiger partial charge >= 0.3 is 11.9 Å². The number of benzene rings is 1. The largest absolute Gasteiger partial charge is 0.419 e. The Hall–Kier alpha value is -2.99. The van der Waals surface area contributed by atoms with Crippen molar-refractivity contribution in [2.75, 3.05) is 31.1 Å². The molecule has 3 unspecified atom stereocenters. The minimum absolute atomic E-state index is 0.0282. The summed E-state index contributed by atoms with van der Waals surface area (Å²) in [5, 5.41) is 0. The van der Waals surface area contributed by atoms with Crippen LogP contribution in [0.2, 0.25) is 0 Å². The van der Waals surface area contributed by atoms with E-state index in [4.69, 9.17) is 9.72 Å². The van der Waals surface area contributed by atoms with E-state index in [9.17, 15) is 22.4 Å². The highest BCUT2D eigenvalue weighted by molar-refractivity contribution is 5.84. The zero-order chi connectivity index (χ0) is 30.1. The van der Waals surface area contributed by atoms with E-state index < -0.39 is 23.2 Å². The topological polar surface area (TPSA) is 79.3 Å². The lowest BCUT2D eigenvalue weighted by Crippen LogP contribution is -2.54. The number of H-pyrrole nitrogens is 1. The predicted octanol–water partition coefficient (Wildman–Crippen LogP) is 5.70. The molecule has 1 N–H and O–H groups in total. The SMILES string of the molecule is CC.Cc1nc2c(N3CCN(C(c4ccc(C(F)(F)F)c(F)c4)C(C)C)CC3C)nc(=O)[nH]c2n1CC1CCCO1. The van der Waals surface area contributed by atoms with Crippen LogP contribution >= 0.6 is 0 Å². The molecule has 1 aromatic carbocycles. The molecule has 0 amide bonds. The zero-order valence-electron chi connectivity index (χ0n) is 24.6. The molecule has 4 heterocycles. The third-order valence-corrected chi connectivity index (χ3v) is 7.81. The molecule has 0 radical (unpaired) electrons. The van der Waals surface area contributed by atoms with Gasteiger partial charge in [0.2, 0.25) is 0 Å². The van der Waals surface area contributed by atoms with E-state index in [-0.39, 0.29) is 24.1 Å². The van der Waals surface area contributed by atoms with Crippen molar-refractivity contribution in [1.29, 1.82) is 0 Å².